The Labute approximate surface area is 109 Å². The number of aliphatic hydroxyl groups excluding tert-OH is 1. The fourth-order valence-electron chi connectivity index (χ4n) is 1.71. The highest BCUT2D eigenvalue weighted by Gasteiger charge is 2.12. The van der Waals surface area contributed by atoms with E-state index in [2.05, 4.69) is 0 Å². The molecule has 0 aliphatic rings. The van der Waals surface area contributed by atoms with Crippen LogP contribution < -0.4 is 0 Å². The normalized spacial score (nSPS) is 12.4. The molecule has 0 saturated carbocycles. The Morgan fingerprint density at radius 3 is 2.44 bits per heavy atom. The monoisotopic (exact) mass is 268 g/mol. The molecule has 1 N–H and O–H groups in total. The smallest absolute Gasteiger partial charge is 0.141 e. The van der Waals surface area contributed by atoms with Crippen molar-refractivity contribution in [2.75, 3.05) is 0 Å². The number of hydrogen-bond donors (Lipinski definition) is 1. The van der Waals surface area contributed by atoms with Crippen molar-refractivity contribution >= 4 is 11.6 Å². The average molecular weight is 269 g/mol. The van der Waals surface area contributed by atoms with Crippen LogP contribution in [0.15, 0.2) is 42.5 Å². The van der Waals surface area contributed by atoms with Crippen LogP contribution in [0.3, 0.4) is 0 Å². The second-order valence-electron chi connectivity index (χ2n) is 3.98. The van der Waals surface area contributed by atoms with Crippen LogP contribution in [0.1, 0.15) is 17.2 Å². The Bertz CT molecular complexity index is 557. The molecule has 0 aliphatic carbocycles. The van der Waals surface area contributed by atoms with E-state index in [1.54, 1.807) is 18.2 Å². The van der Waals surface area contributed by atoms with E-state index in [-0.39, 0.29) is 17.3 Å². The first-order valence-corrected chi connectivity index (χ1v) is 5.82. The van der Waals surface area contributed by atoms with E-state index in [1.165, 1.54) is 24.3 Å². The molecule has 0 spiro atoms. The summed E-state index contributed by atoms with van der Waals surface area (Å²) in [4.78, 5) is 0. The van der Waals surface area contributed by atoms with Crippen molar-refractivity contribution in [1.29, 1.82) is 0 Å². The predicted molar refractivity (Wildman–Crippen MR) is 66.5 cm³/mol. The molecular formula is C14H11ClF2O. The molecule has 18 heavy (non-hydrogen) atoms. The summed E-state index contributed by atoms with van der Waals surface area (Å²) in [5.41, 5.74) is 0.870. The minimum atomic E-state index is -0.917. The van der Waals surface area contributed by atoms with Gasteiger partial charge in [0.25, 0.3) is 0 Å². The molecule has 0 aliphatic heterocycles. The van der Waals surface area contributed by atoms with E-state index >= 15 is 0 Å². The summed E-state index contributed by atoms with van der Waals surface area (Å²) in [6.45, 7) is 0. The molecule has 0 fully saturated rings. The van der Waals surface area contributed by atoms with Crippen molar-refractivity contribution < 1.29 is 13.9 Å². The maximum Gasteiger partial charge on any atom is 0.141 e. The van der Waals surface area contributed by atoms with Crippen LogP contribution in [0.2, 0.25) is 5.02 Å². The van der Waals surface area contributed by atoms with Crippen molar-refractivity contribution in [2.24, 2.45) is 0 Å². The van der Waals surface area contributed by atoms with Gasteiger partial charge in [-0.3, -0.25) is 0 Å². The van der Waals surface area contributed by atoms with Gasteiger partial charge in [-0.1, -0.05) is 35.9 Å². The zero-order chi connectivity index (χ0) is 13.1. The average Bonchev–Trinajstić information content (AvgIpc) is 2.35. The number of aliphatic hydroxyl groups is 1. The molecule has 0 amide bonds. The molecule has 0 aromatic heterocycles. The topological polar surface area (TPSA) is 20.2 Å². The molecule has 0 radical (unpaired) electrons. The molecular weight excluding hydrogens is 258 g/mol. The molecule has 1 atom stereocenters. The lowest BCUT2D eigenvalue weighted by Gasteiger charge is -2.12. The van der Waals surface area contributed by atoms with Gasteiger partial charge in [-0.15, -0.1) is 0 Å². The second-order valence-corrected chi connectivity index (χ2v) is 4.39. The lowest BCUT2D eigenvalue weighted by Crippen LogP contribution is -2.03. The van der Waals surface area contributed by atoms with E-state index in [0.717, 1.165) is 0 Å². The van der Waals surface area contributed by atoms with E-state index < -0.39 is 11.9 Å². The highest BCUT2D eigenvalue weighted by atomic mass is 35.5. The van der Waals surface area contributed by atoms with Crippen LogP contribution in [0.25, 0.3) is 0 Å². The minimum absolute atomic E-state index is 0.0555. The zero-order valence-electron chi connectivity index (χ0n) is 9.41. The SMILES string of the molecule is OC(Cc1ccccc1F)c1ccc(F)c(Cl)c1. The summed E-state index contributed by atoms with van der Waals surface area (Å²) in [5, 5.41) is 9.91. The fourth-order valence-corrected chi connectivity index (χ4v) is 1.90. The van der Waals surface area contributed by atoms with Crippen molar-refractivity contribution in [3.8, 4) is 0 Å². The molecule has 2 rings (SSSR count). The maximum absolute atomic E-state index is 13.4. The van der Waals surface area contributed by atoms with Crippen molar-refractivity contribution in [3.63, 3.8) is 0 Å². The molecule has 2 aromatic rings. The molecule has 0 saturated heterocycles. The lowest BCUT2D eigenvalue weighted by molar-refractivity contribution is 0.177. The summed E-state index contributed by atoms with van der Waals surface area (Å²) in [5.74, 6) is -0.914. The molecule has 0 bridgehead atoms. The first-order valence-electron chi connectivity index (χ1n) is 5.44. The molecule has 94 valence electrons. The van der Waals surface area contributed by atoms with E-state index in [4.69, 9.17) is 11.6 Å². The van der Waals surface area contributed by atoms with Gasteiger partial charge in [0.15, 0.2) is 0 Å². The summed E-state index contributed by atoms with van der Waals surface area (Å²) in [6.07, 6.45) is -0.797. The molecule has 1 unspecified atom stereocenters. The largest absolute Gasteiger partial charge is 0.388 e. The highest BCUT2D eigenvalue weighted by Crippen LogP contribution is 2.24. The van der Waals surface area contributed by atoms with Gasteiger partial charge in [-0.25, -0.2) is 8.78 Å². The Morgan fingerprint density at radius 2 is 1.78 bits per heavy atom. The molecule has 2 aromatic carbocycles. The number of hydrogen-bond acceptors (Lipinski definition) is 1. The van der Waals surface area contributed by atoms with Crippen LogP contribution in [0.4, 0.5) is 8.78 Å². The summed E-state index contributed by atoms with van der Waals surface area (Å²) >= 11 is 5.63. The molecule has 4 heteroatoms. The van der Waals surface area contributed by atoms with Gasteiger partial charge >= 0.3 is 0 Å². The standard InChI is InChI=1S/C14H11ClF2O/c15-11-7-10(5-6-13(11)17)14(18)8-9-3-1-2-4-12(9)16/h1-7,14,18H,8H2. The second kappa shape index (κ2) is 5.46. The van der Waals surface area contributed by atoms with Gasteiger partial charge in [0.1, 0.15) is 11.6 Å². The van der Waals surface area contributed by atoms with Gasteiger partial charge < -0.3 is 5.11 Å². The van der Waals surface area contributed by atoms with Gasteiger partial charge in [0.05, 0.1) is 11.1 Å². The Hall–Kier alpha value is -1.45. The number of benzene rings is 2. The summed E-state index contributed by atoms with van der Waals surface area (Å²) in [6, 6.07) is 10.2. The first kappa shape index (κ1) is 13.0. The summed E-state index contributed by atoms with van der Waals surface area (Å²) in [7, 11) is 0. The van der Waals surface area contributed by atoms with Crippen molar-refractivity contribution in [2.45, 2.75) is 12.5 Å². The van der Waals surface area contributed by atoms with Gasteiger partial charge in [-0.05, 0) is 29.3 Å². The third kappa shape index (κ3) is 2.86. The quantitative estimate of drug-likeness (QED) is 0.895. The summed E-state index contributed by atoms with van der Waals surface area (Å²) < 4.78 is 26.4. The maximum atomic E-state index is 13.4. The predicted octanol–water partition coefficient (Wildman–Crippen LogP) is 3.89. The Balaban J connectivity index is 2.19. The first-order chi connectivity index (χ1) is 8.58. The molecule has 0 heterocycles. The zero-order valence-corrected chi connectivity index (χ0v) is 10.2. The third-order valence-electron chi connectivity index (χ3n) is 2.70. The number of rotatable bonds is 3. The van der Waals surface area contributed by atoms with Gasteiger partial charge in [0, 0.05) is 6.42 Å². The van der Waals surface area contributed by atoms with Crippen LogP contribution in [-0.2, 0) is 6.42 Å². The molecule has 1 nitrogen and oxygen atoms in total. The van der Waals surface area contributed by atoms with Crippen molar-refractivity contribution in [1.82, 2.24) is 0 Å². The Morgan fingerprint density at radius 1 is 1.06 bits per heavy atom. The minimum Gasteiger partial charge on any atom is -0.388 e. The van der Waals surface area contributed by atoms with Crippen LogP contribution >= 0.6 is 11.6 Å². The third-order valence-corrected chi connectivity index (χ3v) is 2.99. The van der Waals surface area contributed by atoms with Crippen molar-refractivity contribution in [3.05, 3.63) is 70.2 Å². The van der Waals surface area contributed by atoms with E-state index in [9.17, 15) is 13.9 Å². The highest BCUT2D eigenvalue weighted by molar-refractivity contribution is 6.30. The van der Waals surface area contributed by atoms with Crippen LogP contribution in [0.5, 0.6) is 0 Å². The Kier molecular flexibility index (Phi) is 3.94. The van der Waals surface area contributed by atoms with E-state index in [0.29, 0.717) is 11.1 Å². The van der Waals surface area contributed by atoms with Crippen LogP contribution in [0, 0.1) is 11.6 Å². The van der Waals surface area contributed by atoms with Gasteiger partial charge in [0.2, 0.25) is 0 Å². The van der Waals surface area contributed by atoms with Crippen LogP contribution in [-0.4, -0.2) is 5.11 Å². The fraction of sp³-hybridized carbons (Fsp3) is 0.143. The lowest BCUT2D eigenvalue weighted by atomic mass is 10.0. The van der Waals surface area contributed by atoms with E-state index in [1.807, 2.05) is 0 Å². The number of halogens is 3. The van der Waals surface area contributed by atoms with Gasteiger partial charge in [-0.2, -0.15) is 0 Å².